The van der Waals surface area contributed by atoms with Crippen molar-refractivity contribution in [1.82, 2.24) is 15.5 Å². The first-order valence-corrected chi connectivity index (χ1v) is 6.54. The quantitative estimate of drug-likeness (QED) is 0.792. The van der Waals surface area contributed by atoms with Crippen molar-refractivity contribution >= 4 is 11.9 Å². The number of carbonyl (C=O) groups is 2. The number of hydrogen-bond acceptors (Lipinski definition) is 6. The Bertz CT molecular complexity index is 511. The Morgan fingerprint density at radius 2 is 2.10 bits per heavy atom. The van der Waals surface area contributed by atoms with Gasteiger partial charge >= 0.3 is 5.97 Å². The van der Waals surface area contributed by atoms with Gasteiger partial charge in [-0.2, -0.15) is 0 Å². The summed E-state index contributed by atoms with van der Waals surface area (Å²) >= 11 is 0. The maximum Gasteiger partial charge on any atom is 0.311 e. The summed E-state index contributed by atoms with van der Waals surface area (Å²) in [6.45, 7) is 0.799. The summed E-state index contributed by atoms with van der Waals surface area (Å²) in [7, 11) is 1.45. The van der Waals surface area contributed by atoms with Gasteiger partial charge in [-0.3, -0.25) is 9.59 Å². The highest BCUT2D eigenvalue weighted by molar-refractivity contribution is 5.92. The smallest absolute Gasteiger partial charge is 0.311 e. The molecule has 0 aliphatic carbocycles. The van der Waals surface area contributed by atoms with Gasteiger partial charge in [0.1, 0.15) is 0 Å². The Kier molecular flexibility index (Phi) is 4.69. The third-order valence-electron chi connectivity index (χ3n) is 3.57. The molecule has 0 bridgehead atoms. The molecular weight excluding hydrogens is 278 g/mol. The first-order valence-electron chi connectivity index (χ1n) is 6.54. The van der Waals surface area contributed by atoms with Crippen LogP contribution >= 0.6 is 0 Å². The molecule has 2 heterocycles. The van der Waals surface area contributed by atoms with Crippen LogP contribution in [-0.2, 0) is 9.53 Å². The average molecular weight is 295 g/mol. The molecule has 0 aromatic carbocycles. The van der Waals surface area contributed by atoms with Gasteiger partial charge in [0.15, 0.2) is 5.69 Å². The molecule has 1 aromatic rings. The van der Waals surface area contributed by atoms with Crippen molar-refractivity contribution in [1.29, 1.82) is 0 Å². The zero-order valence-corrected chi connectivity index (χ0v) is 11.7. The summed E-state index contributed by atoms with van der Waals surface area (Å²) in [5, 5.41) is 19.4. The number of aromatic nitrogens is 2. The fourth-order valence-electron chi connectivity index (χ4n) is 2.12. The zero-order chi connectivity index (χ0) is 15.3. The van der Waals surface area contributed by atoms with Crippen molar-refractivity contribution in [2.45, 2.75) is 12.8 Å². The predicted molar refractivity (Wildman–Crippen MR) is 71.0 cm³/mol. The van der Waals surface area contributed by atoms with Crippen molar-refractivity contribution in [3.63, 3.8) is 0 Å². The lowest BCUT2D eigenvalue weighted by atomic mass is 9.80. The SMILES string of the molecule is COc1ccc(C(=O)NCC2(C(=O)O)CCOCC2)nn1. The van der Waals surface area contributed by atoms with Gasteiger partial charge in [0, 0.05) is 25.8 Å². The van der Waals surface area contributed by atoms with E-state index in [9.17, 15) is 14.7 Å². The van der Waals surface area contributed by atoms with E-state index in [1.807, 2.05) is 0 Å². The average Bonchev–Trinajstić information content (AvgIpc) is 2.53. The number of ether oxygens (including phenoxy) is 2. The molecule has 21 heavy (non-hydrogen) atoms. The molecule has 0 saturated carbocycles. The zero-order valence-electron chi connectivity index (χ0n) is 11.7. The van der Waals surface area contributed by atoms with Crippen LogP contribution in [0.1, 0.15) is 23.3 Å². The van der Waals surface area contributed by atoms with E-state index < -0.39 is 17.3 Å². The highest BCUT2D eigenvalue weighted by Crippen LogP contribution is 2.30. The van der Waals surface area contributed by atoms with E-state index in [-0.39, 0.29) is 12.2 Å². The fourth-order valence-corrected chi connectivity index (χ4v) is 2.12. The minimum Gasteiger partial charge on any atom is -0.481 e. The lowest BCUT2D eigenvalue weighted by Gasteiger charge is -2.33. The van der Waals surface area contributed by atoms with Gasteiger partial charge in [-0.25, -0.2) is 0 Å². The highest BCUT2D eigenvalue weighted by Gasteiger charge is 2.40. The molecule has 8 nitrogen and oxygen atoms in total. The Balaban J connectivity index is 1.99. The number of nitrogens with zero attached hydrogens (tertiary/aromatic N) is 2. The minimum atomic E-state index is -0.978. The molecule has 2 rings (SSSR count). The summed E-state index contributed by atoms with van der Waals surface area (Å²) in [5.41, 5.74) is -0.864. The Labute approximate surface area is 121 Å². The molecule has 114 valence electrons. The van der Waals surface area contributed by atoms with E-state index in [0.717, 1.165) is 0 Å². The van der Waals surface area contributed by atoms with Gasteiger partial charge in [0.25, 0.3) is 5.91 Å². The molecule has 0 radical (unpaired) electrons. The standard InChI is InChI=1S/C13H17N3O5/c1-20-10-3-2-9(15-16-10)11(17)14-8-13(12(18)19)4-6-21-7-5-13/h2-3H,4-8H2,1H3,(H,14,17)(H,18,19). The van der Waals surface area contributed by atoms with E-state index in [1.54, 1.807) is 0 Å². The molecule has 1 aliphatic heterocycles. The van der Waals surface area contributed by atoms with Crippen LogP contribution in [0.4, 0.5) is 0 Å². The number of methoxy groups -OCH3 is 1. The number of amides is 1. The van der Waals surface area contributed by atoms with Gasteiger partial charge in [0.2, 0.25) is 5.88 Å². The molecule has 1 aliphatic rings. The van der Waals surface area contributed by atoms with E-state index in [0.29, 0.717) is 31.9 Å². The summed E-state index contributed by atoms with van der Waals surface area (Å²) in [6, 6.07) is 2.99. The van der Waals surface area contributed by atoms with Gasteiger partial charge in [-0.1, -0.05) is 0 Å². The number of carbonyl (C=O) groups excluding carboxylic acids is 1. The number of nitrogens with one attached hydrogen (secondary N) is 1. The largest absolute Gasteiger partial charge is 0.481 e. The lowest BCUT2D eigenvalue weighted by Crippen LogP contribution is -2.46. The van der Waals surface area contributed by atoms with Crippen LogP contribution in [0.15, 0.2) is 12.1 Å². The molecular formula is C13H17N3O5. The van der Waals surface area contributed by atoms with Gasteiger partial charge < -0.3 is 19.9 Å². The van der Waals surface area contributed by atoms with Gasteiger partial charge in [0.05, 0.1) is 12.5 Å². The number of rotatable bonds is 5. The topological polar surface area (TPSA) is 111 Å². The first kappa shape index (κ1) is 15.2. The van der Waals surface area contributed by atoms with Crippen molar-refractivity contribution < 1.29 is 24.2 Å². The normalized spacial score (nSPS) is 17.0. The Morgan fingerprint density at radius 3 is 2.62 bits per heavy atom. The summed E-state index contributed by atoms with van der Waals surface area (Å²) in [6.07, 6.45) is 0.744. The molecule has 8 heteroatoms. The van der Waals surface area contributed by atoms with Crippen molar-refractivity contribution in [3.05, 3.63) is 17.8 Å². The van der Waals surface area contributed by atoms with E-state index in [1.165, 1.54) is 19.2 Å². The molecule has 0 atom stereocenters. The van der Waals surface area contributed by atoms with Gasteiger partial charge in [-0.15, -0.1) is 10.2 Å². The van der Waals surface area contributed by atoms with E-state index in [4.69, 9.17) is 9.47 Å². The molecule has 1 aromatic heterocycles. The monoisotopic (exact) mass is 295 g/mol. The second kappa shape index (κ2) is 6.49. The van der Waals surface area contributed by atoms with Crippen molar-refractivity contribution in [3.8, 4) is 5.88 Å². The molecule has 1 amide bonds. The first-order chi connectivity index (χ1) is 10.1. The van der Waals surface area contributed by atoms with Crippen molar-refractivity contribution in [2.75, 3.05) is 26.9 Å². The third-order valence-corrected chi connectivity index (χ3v) is 3.57. The van der Waals surface area contributed by atoms with Crippen LogP contribution in [0, 0.1) is 5.41 Å². The van der Waals surface area contributed by atoms with Crippen LogP contribution in [-0.4, -0.2) is 54.0 Å². The lowest BCUT2D eigenvalue weighted by molar-refractivity contribution is -0.154. The molecule has 1 saturated heterocycles. The van der Waals surface area contributed by atoms with Crippen LogP contribution in [0.5, 0.6) is 5.88 Å². The molecule has 0 spiro atoms. The fraction of sp³-hybridized carbons (Fsp3) is 0.538. The van der Waals surface area contributed by atoms with Crippen LogP contribution in [0.2, 0.25) is 0 Å². The Morgan fingerprint density at radius 1 is 1.38 bits per heavy atom. The number of aliphatic carboxylic acids is 1. The third kappa shape index (κ3) is 3.46. The second-order valence-corrected chi connectivity index (χ2v) is 4.84. The molecule has 2 N–H and O–H groups in total. The molecule has 0 unspecified atom stereocenters. The maximum atomic E-state index is 12.0. The second-order valence-electron chi connectivity index (χ2n) is 4.84. The van der Waals surface area contributed by atoms with Crippen LogP contribution in [0.25, 0.3) is 0 Å². The summed E-state index contributed by atoms with van der Waals surface area (Å²) in [4.78, 5) is 23.4. The maximum absolute atomic E-state index is 12.0. The summed E-state index contributed by atoms with van der Waals surface area (Å²) < 4.78 is 10.0. The minimum absolute atomic E-state index is 0.0399. The van der Waals surface area contributed by atoms with E-state index >= 15 is 0 Å². The highest BCUT2D eigenvalue weighted by atomic mass is 16.5. The van der Waals surface area contributed by atoms with Crippen LogP contribution in [0.3, 0.4) is 0 Å². The Hall–Kier alpha value is -2.22. The summed E-state index contributed by atoms with van der Waals surface area (Å²) in [5.74, 6) is -1.08. The predicted octanol–water partition coefficient (Wildman–Crippen LogP) is 0.0964. The number of carboxylic acids is 1. The molecule has 1 fully saturated rings. The number of carboxylic acid groups (broad SMARTS) is 1. The van der Waals surface area contributed by atoms with Gasteiger partial charge in [-0.05, 0) is 18.9 Å². The van der Waals surface area contributed by atoms with Crippen molar-refractivity contribution in [2.24, 2.45) is 5.41 Å². The van der Waals surface area contributed by atoms with E-state index in [2.05, 4.69) is 15.5 Å². The number of hydrogen-bond donors (Lipinski definition) is 2. The van der Waals surface area contributed by atoms with Crippen LogP contribution < -0.4 is 10.1 Å².